The van der Waals surface area contributed by atoms with Crippen molar-refractivity contribution < 1.29 is 4.79 Å². The van der Waals surface area contributed by atoms with E-state index in [1.807, 2.05) is 6.92 Å². The first-order valence-electron chi connectivity index (χ1n) is 7.51. The second-order valence-electron chi connectivity index (χ2n) is 7.85. The molecule has 3 nitrogen and oxygen atoms in total. The average molecular weight is 268 g/mol. The van der Waals surface area contributed by atoms with Crippen LogP contribution in [0.3, 0.4) is 0 Å². The lowest BCUT2D eigenvalue weighted by molar-refractivity contribution is -0.124. The van der Waals surface area contributed by atoms with Crippen LogP contribution in [0.4, 0.5) is 0 Å². The molecule has 0 heterocycles. The standard InChI is InChI=1S/C16H32N2O/c1-9-14(3,4)18-13(19)11(2)17-10-12-15(5,6)16(12,7)8/h11-12,17H,9-10H2,1-8H3,(H,18,19). The van der Waals surface area contributed by atoms with Crippen LogP contribution in [0.5, 0.6) is 0 Å². The zero-order chi connectivity index (χ0) is 15.1. The maximum atomic E-state index is 12.1. The second kappa shape index (κ2) is 5.08. The van der Waals surface area contributed by atoms with Gasteiger partial charge in [-0.2, -0.15) is 0 Å². The fraction of sp³-hybridized carbons (Fsp3) is 0.938. The predicted molar refractivity (Wildman–Crippen MR) is 81.0 cm³/mol. The molecule has 0 aromatic carbocycles. The van der Waals surface area contributed by atoms with Gasteiger partial charge in [0.05, 0.1) is 6.04 Å². The molecule has 19 heavy (non-hydrogen) atoms. The highest BCUT2D eigenvalue weighted by atomic mass is 16.2. The molecule has 0 spiro atoms. The molecule has 0 radical (unpaired) electrons. The van der Waals surface area contributed by atoms with E-state index in [2.05, 4.69) is 59.1 Å². The Morgan fingerprint density at radius 2 is 1.68 bits per heavy atom. The number of hydrogen-bond acceptors (Lipinski definition) is 2. The van der Waals surface area contributed by atoms with Gasteiger partial charge in [0, 0.05) is 5.54 Å². The predicted octanol–water partition coefficient (Wildman–Crippen LogP) is 2.95. The first-order chi connectivity index (χ1) is 8.45. The molecule has 112 valence electrons. The number of rotatable bonds is 6. The van der Waals surface area contributed by atoms with Gasteiger partial charge >= 0.3 is 0 Å². The number of hydrogen-bond donors (Lipinski definition) is 2. The first-order valence-corrected chi connectivity index (χ1v) is 7.51. The Morgan fingerprint density at radius 3 is 2.05 bits per heavy atom. The van der Waals surface area contributed by atoms with Crippen LogP contribution in [-0.4, -0.2) is 24.0 Å². The summed E-state index contributed by atoms with van der Waals surface area (Å²) in [7, 11) is 0. The fourth-order valence-electron chi connectivity index (χ4n) is 2.76. The van der Waals surface area contributed by atoms with Crippen molar-refractivity contribution in [3.05, 3.63) is 0 Å². The first kappa shape index (κ1) is 16.5. The Kier molecular flexibility index (Phi) is 4.41. The molecule has 2 N–H and O–H groups in total. The molecule has 0 bridgehead atoms. The van der Waals surface area contributed by atoms with Crippen LogP contribution < -0.4 is 10.6 Å². The fourth-order valence-corrected chi connectivity index (χ4v) is 2.76. The summed E-state index contributed by atoms with van der Waals surface area (Å²) in [5, 5.41) is 6.48. The minimum Gasteiger partial charge on any atom is -0.350 e. The molecule has 1 aliphatic carbocycles. The highest BCUT2D eigenvalue weighted by molar-refractivity contribution is 5.81. The van der Waals surface area contributed by atoms with Crippen molar-refractivity contribution in [3.8, 4) is 0 Å². The maximum absolute atomic E-state index is 12.1. The Balaban J connectivity index is 2.41. The van der Waals surface area contributed by atoms with E-state index < -0.39 is 0 Å². The summed E-state index contributed by atoms with van der Waals surface area (Å²) in [6.07, 6.45) is 0.939. The third-order valence-electron chi connectivity index (χ3n) is 5.69. The van der Waals surface area contributed by atoms with Gasteiger partial charge in [-0.15, -0.1) is 0 Å². The van der Waals surface area contributed by atoms with Gasteiger partial charge in [-0.1, -0.05) is 34.6 Å². The molecule has 1 saturated carbocycles. The van der Waals surface area contributed by atoms with Crippen molar-refractivity contribution in [2.24, 2.45) is 16.7 Å². The number of carbonyl (C=O) groups is 1. The summed E-state index contributed by atoms with van der Waals surface area (Å²) in [6, 6.07) is -0.127. The molecule has 1 amide bonds. The van der Waals surface area contributed by atoms with Gasteiger partial charge < -0.3 is 10.6 Å². The number of nitrogens with one attached hydrogen (secondary N) is 2. The molecule has 0 saturated heterocycles. The molecule has 1 atom stereocenters. The summed E-state index contributed by atoms with van der Waals surface area (Å²) in [6.45, 7) is 18.3. The van der Waals surface area contributed by atoms with E-state index in [0.29, 0.717) is 16.7 Å². The summed E-state index contributed by atoms with van der Waals surface area (Å²) >= 11 is 0. The van der Waals surface area contributed by atoms with Gasteiger partial charge in [0.2, 0.25) is 5.91 Å². The Bertz CT molecular complexity index is 331. The van der Waals surface area contributed by atoms with Gasteiger partial charge in [-0.25, -0.2) is 0 Å². The minimum absolute atomic E-state index is 0.100. The number of carbonyl (C=O) groups excluding carboxylic acids is 1. The van der Waals surface area contributed by atoms with Crippen LogP contribution in [0, 0.1) is 16.7 Å². The zero-order valence-electron chi connectivity index (χ0n) is 14.0. The van der Waals surface area contributed by atoms with Gasteiger partial charge in [0.1, 0.15) is 0 Å². The smallest absolute Gasteiger partial charge is 0.237 e. The molecule has 0 aromatic rings. The average Bonchev–Trinajstić information content (AvgIpc) is 2.66. The van der Waals surface area contributed by atoms with Crippen LogP contribution in [0.15, 0.2) is 0 Å². The lowest BCUT2D eigenvalue weighted by Gasteiger charge is -2.27. The molecular weight excluding hydrogens is 236 g/mol. The lowest BCUT2D eigenvalue weighted by Crippen LogP contribution is -2.51. The van der Waals surface area contributed by atoms with Gasteiger partial charge in [0.25, 0.3) is 0 Å². The van der Waals surface area contributed by atoms with Crippen molar-refractivity contribution >= 4 is 5.91 Å². The third kappa shape index (κ3) is 3.31. The summed E-state index contributed by atoms with van der Waals surface area (Å²) < 4.78 is 0. The lowest BCUT2D eigenvalue weighted by atomic mass is 10.0. The zero-order valence-corrected chi connectivity index (χ0v) is 14.0. The maximum Gasteiger partial charge on any atom is 0.237 e. The molecule has 1 rings (SSSR count). The van der Waals surface area contributed by atoms with E-state index in [4.69, 9.17) is 0 Å². The third-order valence-corrected chi connectivity index (χ3v) is 5.69. The van der Waals surface area contributed by atoms with Crippen LogP contribution in [-0.2, 0) is 4.79 Å². The molecule has 1 aliphatic rings. The topological polar surface area (TPSA) is 41.1 Å². The molecular formula is C16H32N2O. The van der Waals surface area contributed by atoms with Gasteiger partial charge in [-0.3, -0.25) is 4.79 Å². The summed E-state index contributed by atoms with van der Waals surface area (Å²) in [5.74, 6) is 0.748. The molecule has 0 aliphatic heterocycles. The van der Waals surface area contributed by atoms with Crippen molar-refractivity contribution in [2.45, 2.75) is 73.4 Å². The molecule has 3 heteroatoms. The normalized spacial score (nSPS) is 22.9. The molecule has 0 aromatic heterocycles. The van der Waals surface area contributed by atoms with Crippen LogP contribution in [0.2, 0.25) is 0 Å². The van der Waals surface area contributed by atoms with Gasteiger partial charge in [0.15, 0.2) is 0 Å². The van der Waals surface area contributed by atoms with E-state index in [-0.39, 0.29) is 17.5 Å². The van der Waals surface area contributed by atoms with Crippen molar-refractivity contribution in [3.63, 3.8) is 0 Å². The number of amides is 1. The van der Waals surface area contributed by atoms with Crippen molar-refractivity contribution in [1.29, 1.82) is 0 Å². The molecule has 1 unspecified atom stereocenters. The summed E-state index contributed by atoms with van der Waals surface area (Å²) in [4.78, 5) is 12.1. The van der Waals surface area contributed by atoms with E-state index in [1.165, 1.54) is 0 Å². The quantitative estimate of drug-likeness (QED) is 0.777. The highest BCUT2D eigenvalue weighted by Crippen LogP contribution is 2.67. The van der Waals surface area contributed by atoms with E-state index in [1.54, 1.807) is 0 Å². The van der Waals surface area contributed by atoms with Gasteiger partial charge in [-0.05, 0) is 50.5 Å². The van der Waals surface area contributed by atoms with E-state index in [0.717, 1.165) is 13.0 Å². The second-order valence-corrected chi connectivity index (χ2v) is 7.85. The Labute approximate surface area is 118 Å². The van der Waals surface area contributed by atoms with Crippen LogP contribution in [0.25, 0.3) is 0 Å². The van der Waals surface area contributed by atoms with Crippen LogP contribution in [0.1, 0.15) is 61.8 Å². The van der Waals surface area contributed by atoms with Crippen molar-refractivity contribution in [2.75, 3.05) is 6.54 Å². The van der Waals surface area contributed by atoms with Crippen LogP contribution >= 0.6 is 0 Å². The Morgan fingerprint density at radius 1 is 1.21 bits per heavy atom. The van der Waals surface area contributed by atoms with Crippen molar-refractivity contribution in [1.82, 2.24) is 10.6 Å². The highest BCUT2D eigenvalue weighted by Gasteiger charge is 2.63. The molecule has 1 fully saturated rings. The summed E-state index contributed by atoms with van der Waals surface area (Å²) in [5.41, 5.74) is 0.628. The monoisotopic (exact) mass is 268 g/mol. The Hall–Kier alpha value is -0.570. The minimum atomic E-state index is -0.127. The SMILES string of the molecule is CCC(C)(C)NC(=O)C(C)NCC1C(C)(C)C1(C)C. The van der Waals surface area contributed by atoms with E-state index in [9.17, 15) is 4.79 Å². The largest absolute Gasteiger partial charge is 0.350 e. The van der Waals surface area contributed by atoms with E-state index >= 15 is 0 Å².